The molecule has 0 bridgehead atoms. The molecule has 0 aliphatic rings. The first-order valence-electron chi connectivity index (χ1n) is 5.42. The van der Waals surface area contributed by atoms with Crippen LogP contribution < -0.4 is 5.32 Å². The number of halogens is 5. The zero-order valence-electron chi connectivity index (χ0n) is 10.1. The van der Waals surface area contributed by atoms with E-state index in [-0.39, 0.29) is 16.5 Å². The second-order valence-corrected chi connectivity index (χ2v) is 4.22. The van der Waals surface area contributed by atoms with E-state index in [0.29, 0.717) is 24.5 Å². The van der Waals surface area contributed by atoms with Gasteiger partial charge in [-0.1, -0.05) is 11.6 Å². The van der Waals surface area contributed by atoms with Gasteiger partial charge in [-0.2, -0.15) is 13.2 Å². The van der Waals surface area contributed by atoms with E-state index in [0.717, 1.165) is 6.33 Å². The van der Waals surface area contributed by atoms with Crippen LogP contribution in [0.5, 0.6) is 0 Å². The molecule has 0 saturated carbocycles. The second kappa shape index (κ2) is 5.65. The summed E-state index contributed by atoms with van der Waals surface area (Å²) in [6, 6.07) is 1.84. The smallest absolute Gasteiger partial charge is 0.337 e. The fourth-order valence-corrected chi connectivity index (χ4v) is 1.68. The predicted octanol–water partition coefficient (Wildman–Crippen LogP) is 3.84. The summed E-state index contributed by atoms with van der Waals surface area (Å²) in [5.74, 6) is -1.13. The van der Waals surface area contributed by atoms with E-state index in [1.165, 1.54) is 0 Å². The van der Waals surface area contributed by atoms with Gasteiger partial charge in [0, 0.05) is 0 Å². The number of carbonyl (C=O) groups is 1. The molecule has 9 heteroatoms. The third-order valence-electron chi connectivity index (χ3n) is 2.50. The van der Waals surface area contributed by atoms with Crippen molar-refractivity contribution < 1.29 is 22.4 Å². The minimum absolute atomic E-state index is 0.184. The summed E-state index contributed by atoms with van der Waals surface area (Å²) in [5.41, 5.74) is -1.71. The third kappa shape index (κ3) is 3.27. The molecule has 0 aliphatic heterocycles. The molecule has 4 nitrogen and oxygen atoms in total. The van der Waals surface area contributed by atoms with Gasteiger partial charge in [0.05, 0.1) is 16.8 Å². The van der Waals surface area contributed by atoms with Crippen molar-refractivity contribution in [3.05, 3.63) is 46.6 Å². The van der Waals surface area contributed by atoms with Gasteiger partial charge in [-0.25, -0.2) is 14.4 Å². The Bertz CT molecular complexity index is 691. The maximum Gasteiger partial charge on any atom is 0.416 e. The van der Waals surface area contributed by atoms with Gasteiger partial charge in [0.25, 0.3) is 0 Å². The van der Waals surface area contributed by atoms with Crippen LogP contribution >= 0.6 is 11.6 Å². The first kappa shape index (κ1) is 15.2. The number of hydrogen-bond acceptors (Lipinski definition) is 4. The van der Waals surface area contributed by atoms with Gasteiger partial charge in [0.1, 0.15) is 23.1 Å². The highest BCUT2D eigenvalue weighted by Crippen LogP contribution is 2.33. The van der Waals surface area contributed by atoms with Crippen LogP contribution in [0.15, 0.2) is 24.5 Å². The van der Waals surface area contributed by atoms with Crippen molar-refractivity contribution in [2.24, 2.45) is 0 Å². The van der Waals surface area contributed by atoms with Crippen LogP contribution in [0.2, 0.25) is 5.15 Å². The number of aromatic nitrogens is 2. The van der Waals surface area contributed by atoms with Crippen LogP contribution in [0, 0.1) is 5.82 Å². The lowest BCUT2D eigenvalue weighted by Crippen LogP contribution is -2.07. The van der Waals surface area contributed by atoms with E-state index in [1.807, 2.05) is 0 Å². The Morgan fingerprint density at radius 1 is 1.24 bits per heavy atom. The fraction of sp³-hybridized carbons (Fsp3) is 0.0833. The number of benzene rings is 1. The molecule has 1 aromatic heterocycles. The quantitative estimate of drug-likeness (QED) is 0.530. The van der Waals surface area contributed by atoms with Crippen LogP contribution in [-0.2, 0) is 6.18 Å². The highest BCUT2D eigenvalue weighted by Gasteiger charge is 2.31. The van der Waals surface area contributed by atoms with Crippen molar-refractivity contribution in [2.75, 3.05) is 5.32 Å². The summed E-state index contributed by atoms with van der Waals surface area (Å²) in [4.78, 5) is 18.1. The maximum atomic E-state index is 13.6. The molecule has 0 saturated heterocycles. The molecule has 2 aromatic rings. The lowest BCUT2D eigenvalue weighted by atomic mass is 10.2. The minimum atomic E-state index is -4.62. The van der Waals surface area contributed by atoms with E-state index in [1.54, 1.807) is 0 Å². The molecular weight excluding hydrogens is 314 g/mol. The summed E-state index contributed by atoms with van der Waals surface area (Å²) in [7, 11) is 0. The summed E-state index contributed by atoms with van der Waals surface area (Å²) in [5, 5.41) is 2.10. The van der Waals surface area contributed by atoms with Crippen molar-refractivity contribution in [3.63, 3.8) is 0 Å². The molecule has 1 N–H and O–H groups in total. The lowest BCUT2D eigenvalue weighted by Gasteiger charge is -2.12. The van der Waals surface area contributed by atoms with E-state index >= 15 is 0 Å². The highest BCUT2D eigenvalue weighted by atomic mass is 35.5. The maximum absolute atomic E-state index is 13.6. The Balaban J connectivity index is 2.45. The van der Waals surface area contributed by atoms with Crippen LogP contribution in [0.25, 0.3) is 0 Å². The van der Waals surface area contributed by atoms with Crippen molar-refractivity contribution >= 4 is 29.4 Å². The minimum Gasteiger partial charge on any atom is -0.337 e. The van der Waals surface area contributed by atoms with Crippen molar-refractivity contribution in [1.82, 2.24) is 9.97 Å². The molecule has 0 spiro atoms. The number of aldehydes is 1. The van der Waals surface area contributed by atoms with Gasteiger partial charge in [0.15, 0.2) is 6.29 Å². The summed E-state index contributed by atoms with van der Waals surface area (Å²) < 4.78 is 51.4. The van der Waals surface area contributed by atoms with Crippen molar-refractivity contribution in [2.45, 2.75) is 6.18 Å². The molecule has 0 atom stereocenters. The molecule has 0 amide bonds. The predicted molar refractivity (Wildman–Crippen MR) is 67.1 cm³/mol. The monoisotopic (exact) mass is 319 g/mol. The van der Waals surface area contributed by atoms with Gasteiger partial charge in [-0.15, -0.1) is 0 Å². The van der Waals surface area contributed by atoms with Crippen molar-refractivity contribution in [1.29, 1.82) is 0 Å². The molecular formula is C12H6ClF4N3O. The lowest BCUT2D eigenvalue weighted by molar-refractivity contribution is -0.137. The highest BCUT2D eigenvalue weighted by molar-refractivity contribution is 6.32. The molecule has 0 fully saturated rings. The Kier molecular flexibility index (Phi) is 4.08. The standard InChI is InChI=1S/C12H6ClF4N3O/c13-10-7(4-21)11(19-5-18-10)20-9-3-6(12(15,16)17)1-2-8(9)14/h1-5H,(H,18,19,20). The molecule has 1 aromatic carbocycles. The average molecular weight is 320 g/mol. The molecule has 110 valence electrons. The first-order valence-corrected chi connectivity index (χ1v) is 5.80. The Labute approximate surface area is 120 Å². The Morgan fingerprint density at radius 2 is 1.95 bits per heavy atom. The first-order chi connectivity index (χ1) is 9.82. The number of nitrogens with zero attached hydrogens (tertiary/aromatic N) is 2. The van der Waals surface area contributed by atoms with Crippen LogP contribution in [-0.4, -0.2) is 16.3 Å². The number of alkyl halides is 3. The largest absolute Gasteiger partial charge is 0.416 e. The number of hydrogen-bond donors (Lipinski definition) is 1. The second-order valence-electron chi connectivity index (χ2n) is 3.86. The normalized spacial score (nSPS) is 11.3. The number of rotatable bonds is 3. The van der Waals surface area contributed by atoms with Gasteiger partial charge < -0.3 is 5.32 Å². The SMILES string of the molecule is O=Cc1c(Cl)ncnc1Nc1cc(C(F)(F)F)ccc1F. The van der Waals surface area contributed by atoms with Crippen LogP contribution in [0.4, 0.5) is 29.1 Å². The van der Waals surface area contributed by atoms with Gasteiger partial charge >= 0.3 is 6.18 Å². The molecule has 0 aliphatic carbocycles. The molecule has 0 unspecified atom stereocenters. The Morgan fingerprint density at radius 3 is 2.57 bits per heavy atom. The summed E-state index contributed by atoms with van der Waals surface area (Å²) >= 11 is 5.64. The van der Waals surface area contributed by atoms with E-state index < -0.39 is 23.2 Å². The van der Waals surface area contributed by atoms with Gasteiger partial charge in [-0.3, -0.25) is 4.79 Å². The van der Waals surface area contributed by atoms with Gasteiger partial charge in [0.2, 0.25) is 0 Å². The summed E-state index contributed by atoms with van der Waals surface area (Å²) in [6.07, 6.45) is -3.32. The molecule has 21 heavy (non-hydrogen) atoms. The average Bonchev–Trinajstić information content (AvgIpc) is 2.40. The van der Waals surface area contributed by atoms with Crippen LogP contribution in [0.3, 0.4) is 0 Å². The van der Waals surface area contributed by atoms with E-state index in [2.05, 4.69) is 15.3 Å². The Hall–Kier alpha value is -2.22. The fourth-order valence-electron chi connectivity index (χ4n) is 1.50. The van der Waals surface area contributed by atoms with Gasteiger partial charge in [-0.05, 0) is 18.2 Å². The zero-order chi connectivity index (χ0) is 15.6. The number of anilines is 2. The number of nitrogens with one attached hydrogen (secondary N) is 1. The van der Waals surface area contributed by atoms with Crippen molar-refractivity contribution in [3.8, 4) is 0 Å². The van der Waals surface area contributed by atoms with Crippen LogP contribution in [0.1, 0.15) is 15.9 Å². The topological polar surface area (TPSA) is 54.9 Å². The molecule has 0 radical (unpaired) electrons. The van der Waals surface area contributed by atoms with E-state index in [4.69, 9.17) is 11.6 Å². The molecule has 2 rings (SSSR count). The summed E-state index contributed by atoms with van der Waals surface area (Å²) in [6.45, 7) is 0. The molecule has 1 heterocycles. The zero-order valence-corrected chi connectivity index (χ0v) is 10.8. The number of carbonyl (C=O) groups excluding carboxylic acids is 1. The van der Waals surface area contributed by atoms with E-state index in [9.17, 15) is 22.4 Å². The third-order valence-corrected chi connectivity index (χ3v) is 2.80.